The van der Waals surface area contributed by atoms with Crippen molar-refractivity contribution in [1.82, 2.24) is 0 Å². The second-order valence-electron chi connectivity index (χ2n) is 2.58. The van der Waals surface area contributed by atoms with Crippen molar-refractivity contribution in [2.45, 2.75) is 6.92 Å². The first kappa shape index (κ1) is 14.2. The van der Waals surface area contributed by atoms with Crippen LogP contribution in [0.15, 0.2) is 22.7 Å². The number of hydrogen-bond acceptors (Lipinski definition) is 0. The number of hydrogen-bond donors (Lipinski definition) is 0. The molecule has 0 aliphatic carbocycles. The molecule has 1 rings (SSSR count). The summed E-state index contributed by atoms with van der Waals surface area (Å²) in [5.41, 5.74) is 0.242. The van der Waals surface area contributed by atoms with Gasteiger partial charge in [-0.25, -0.2) is 0 Å². The Kier molecular flexibility index (Phi) is 5.81. The number of halogens is 4. The summed E-state index contributed by atoms with van der Waals surface area (Å²) in [4.78, 5) is 0. The quantitative estimate of drug-likeness (QED) is 0.624. The van der Waals surface area contributed by atoms with Crippen LogP contribution in [0.1, 0.15) is 5.56 Å². The van der Waals surface area contributed by atoms with Gasteiger partial charge in [0, 0.05) is 4.47 Å². The van der Waals surface area contributed by atoms with E-state index in [1.165, 1.54) is 6.07 Å². The van der Waals surface area contributed by atoms with Gasteiger partial charge in [0.25, 0.3) is 0 Å². The molecule has 1 aromatic rings. The number of aryl methyl sites for hydroxylation is 1. The minimum absolute atomic E-state index is 0. The van der Waals surface area contributed by atoms with Crippen molar-refractivity contribution in [2.75, 3.05) is 0 Å². The van der Waals surface area contributed by atoms with E-state index in [0.29, 0.717) is 4.47 Å². The van der Waals surface area contributed by atoms with Gasteiger partial charge >= 0.3 is 58.4 Å². The van der Waals surface area contributed by atoms with Crippen molar-refractivity contribution >= 4 is 28.4 Å². The van der Waals surface area contributed by atoms with Crippen molar-refractivity contribution < 1.29 is 64.3 Å². The Hall–Kier alpha value is 1.19. The molecule has 0 nitrogen and oxygen atoms in total. The van der Waals surface area contributed by atoms with E-state index >= 15 is 0 Å². The molecule has 6 heteroatoms. The molecule has 0 spiro atoms. The summed E-state index contributed by atoms with van der Waals surface area (Å²) in [6.45, 7) is -3.12. The third kappa shape index (κ3) is 4.05. The van der Waals surface area contributed by atoms with Crippen LogP contribution in [0.4, 0.5) is 12.9 Å². The molecule has 0 aromatic heterocycles. The molecular formula is C7H6BBrF3K. The van der Waals surface area contributed by atoms with Crippen molar-refractivity contribution in [1.29, 1.82) is 0 Å². The summed E-state index contributed by atoms with van der Waals surface area (Å²) in [5, 5.41) is 0. The van der Waals surface area contributed by atoms with Gasteiger partial charge in [-0.05, 0) is 12.5 Å². The molecular weight excluding hydrogens is 271 g/mol. The van der Waals surface area contributed by atoms with Crippen LogP contribution in [-0.4, -0.2) is 6.98 Å². The second kappa shape index (κ2) is 5.32. The predicted octanol–water partition coefficient (Wildman–Crippen LogP) is -0.184. The fraction of sp³-hybridized carbons (Fsp3) is 0.143. The third-order valence-corrected chi connectivity index (χ3v) is 2.43. The molecule has 0 radical (unpaired) electrons. The molecule has 0 amide bonds. The minimum Gasteiger partial charge on any atom is -0.445 e. The maximum absolute atomic E-state index is 12.1. The maximum Gasteiger partial charge on any atom is 1.00 e. The number of rotatable bonds is 1. The summed E-state index contributed by atoms with van der Waals surface area (Å²) in [6.07, 6.45) is 0. The average Bonchev–Trinajstić information content (AvgIpc) is 1.92. The van der Waals surface area contributed by atoms with Crippen LogP contribution in [0.2, 0.25) is 0 Å². The van der Waals surface area contributed by atoms with Gasteiger partial charge in [-0.3, -0.25) is 0 Å². The van der Waals surface area contributed by atoms with Crippen LogP contribution >= 0.6 is 15.9 Å². The molecule has 0 N–H and O–H groups in total. The van der Waals surface area contributed by atoms with Gasteiger partial charge in [-0.2, -0.15) is 0 Å². The summed E-state index contributed by atoms with van der Waals surface area (Å²) in [7, 11) is 0. The van der Waals surface area contributed by atoms with Crippen LogP contribution in [0.3, 0.4) is 0 Å². The summed E-state index contributed by atoms with van der Waals surface area (Å²) >= 11 is 3.05. The normalized spacial score (nSPS) is 10.8. The predicted molar refractivity (Wildman–Crippen MR) is 47.6 cm³/mol. The van der Waals surface area contributed by atoms with E-state index in [1.807, 2.05) is 0 Å². The Labute approximate surface area is 126 Å². The average molecular weight is 277 g/mol. The van der Waals surface area contributed by atoms with Crippen molar-refractivity contribution in [3.05, 3.63) is 28.2 Å². The van der Waals surface area contributed by atoms with Crippen LogP contribution in [-0.2, 0) is 0 Å². The Morgan fingerprint density at radius 3 is 2.15 bits per heavy atom. The third-order valence-electron chi connectivity index (χ3n) is 1.57. The molecule has 0 aliphatic heterocycles. The smallest absolute Gasteiger partial charge is 0.445 e. The van der Waals surface area contributed by atoms with E-state index in [4.69, 9.17) is 0 Å². The van der Waals surface area contributed by atoms with Crippen molar-refractivity contribution in [2.24, 2.45) is 0 Å². The van der Waals surface area contributed by atoms with Gasteiger partial charge in [0.15, 0.2) is 0 Å². The van der Waals surface area contributed by atoms with E-state index in [9.17, 15) is 12.9 Å². The van der Waals surface area contributed by atoms with Crippen molar-refractivity contribution in [3.63, 3.8) is 0 Å². The van der Waals surface area contributed by atoms with Crippen LogP contribution in [0.25, 0.3) is 0 Å². The zero-order valence-corrected chi connectivity index (χ0v) is 12.0. The standard InChI is InChI=1S/C7H6BBrF3.K/c1-5-2-3-6(4-7(5)9)8(10,11)12;/h2-4H,1H3;/q-1;+1. The largest absolute Gasteiger partial charge is 1.00 e. The monoisotopic (exact) mass is 276 g/mol. The Morgan fingerprint density at radius 1 is 1.23 bits per heavy atom. The molecule has 0 aliphatic rings. The summed E-state index contributed by atoms with van der Waals surface area (Å²) in [6, 6.07) is 3.66. The van der Waals surface area contributed by atoms with E-state index in [0.717, 1.165) is 17.7 Å². The second-order valence-corrected chi connectivity index (χ2v) is 3.44. The first-order valence-corrected chi connectivity index (χ1v) is 4.16. The Balaban J connectivity index is 0.00000144. The molecule has 0 saturated carbocycles. The molecule has 0 saturated heterocycles. The van der Waals surface area contributed by atoms with E-state index < -0.39 is 12.4 Å². The van der Waals surface area contributed by atoms with Gasteiger partial charge < -0.3 is 12.9 Å². The van der Waals surface area contributed by atoms with E-state index in [2.05, 4.69) is 15.9 Å². The first-order valence-electron chi connectivity index (χ1n) is 3.37. The zero-order valence-electron chi connectivity index (χ0n) is 7.32. The van der Waals surface area contributed by atoms with Gasteiger partial charge in [0.05, 0.1) is 0 Å². The molecule has 13 heavy (non-hydrogen) atoms. The summed E-state index contributed by atoms with van der Waals surface area (Å²) in [5.74, 6) is 0. The van der Waals surface area contributed by atoms with Crippen LogP contribution in [0, 0.1) is 6.92 Å². The fourth-order valence-electron chi connectivity index (χ4n) is 0.813. The Bertz CT molecular complexity index is 300. The first-order chi connectivity index (χ1) is 5.41. The van der Waals surface area contributed by atoms with Gasteiger partial charge in [0.1, 0.15) is 0 Å². The van der Waals surface area contributed by atoms with Gasteiger partial charge in [-0.1, -0.05) is 34.1 Å². The topological polar surface area (TPSA) is 0 Å². The molecule has 66 valence electrons. The van der Waals surface area contributed by atoms with Crippen molar-refractivity contribution in [3.8, 4) is 0 Å². The van der Waals surface area contributed by atoms with E-state index in [1.54, 1.807) is 6.92 Å². The minimum atomic E-state index is -4.87. The molecule has 0 fully saturated rings. The van der Waals surface area contributed by atoms with Crippen LogP contribution in [0.5, 0.6) is 0 Å². The molecule has 0 unspecified atom stereocenters. The fourth-order valence-corrected chi connectivity index (χ4v) is 1.21. The van der Waals surface area contributed by atoms with Gasteiger partial charge in [0.2, 0.25) is 0 Å². The number of benzene rings is 1. The summed E-state index contributed by atoms with van der Waals surface area (Å²) < 4.78 is 36.9. The molecule has 0 atom stereocenters. The Morgan fingerprint density at radius 2 is 1.77 bits per heavy atom. The SMILES string of the molecule is Cc1ccc([B-](F)(F)F)cc1Br.[K+]. The molecule has 1 aromatic carbocycles. The molecule has 0 bridgehead atoms. The maximum atomic E-state index is 12.1. The zero-order chi connectivity index (χ0) is 9.35. The van der Waals surface area contributed by atoms with Gasteiger partial charge in [-0.15, -0.1) is 5.46 Å². The van der Waals surface area contributed by atoms with Crippen LogP contribution < -0.4 is 56.8 Å². The van der Waals surface area contributed by atoms with E-state index in [-0.39, 0.29) is 51.4 Å². The molecule has 0 heterocycles.